The van der Waals surface area contributed by atoms with Crippen molar-refractivity contribution in [1.29, 1.82) is 0 Å². The lowest BCUT2D eigenvalue weighted by molar-refractivity contribution is -0.159. The fraction of sp³-hybridized carbons (Fsp3) is 0.571. The number of amides is 1. The minimum atomic E-state index is -1.82. The van der Waals surface area contributed by atoms with Gasteiger partial charge in [0, 0.05) is 16.9 Å². The molecule has 0 radical (unpaired) electrons. The van der Waals surface area contributed by atoms with Crippen LogP contribution in [0.3, 0.4) is 0 Å². The van der Waals surface area contributed by atoms with Gasteiger partial charge in [-0.05, 0) is 76.8 Å². The zero-order valence-corrected chi connectivity index (χ0v) is 18.2. The lowest BCUT2D eigenvalue weighted by Crippen LogP contribution is -2.41. The first-order chi connectivity index (χ1) is 14.5. The minimum Gasteiger partial charge on any atom is -0.483 e. The maximum Gasteiger partial charge on any atom is 0.414 e. The Morgan fingerprint density at radius 1 is 0.935 bits per heavy atom. The molecule has 0 saturated carbocycles. The van der Waals surface area contributed by atoms with Crippen LogP contribution in [-0.4, -0.2) is 56.7 Å². The highest BCUT2D eigenvalue weighted by Gasteiger charge is 2.25. The van der Waals surface area contributed by atoms with E-state index in [-0.39, 0.29) is 17.9 Å². The number of hydrogen-bond donors (Lipinski definition) is 5. The molecule has 0 aromatic carbocycles. The quantitative estimate of drug-likeness (QED) is 0.349. The van der Waals surface area contributed by atoms with Gasteiger partial charge >= 0.3 is 11.9 Å². The smallest absolute Gasteiger partial charge is 0.414 e. The molecule has 1 aromatic rings. The summed E-state index contributed by atoms with van der Waals surface area (Å²) in [5.74, 6) is -3.59. The van der Waals surface area contributed by atoms with Gasteiger partial charge in [0.25, 0.3) is 6.47 Å². The third-order valence-electron chi connectivity index (χ3n) is 4.73. The van der Waals surface area contributed by atoms with E-state index in [9.17, 15) is 4.79 Å². The van der Waals surface area contributed by atoms with Gasteiger partial charge in [0.2, 0.25) is 5.91 Å². The highest BCUT2D eigenvalue weighted by atomic mass is 16.4. The van der Waals surface area contributed by atoms with Crippen molar-refractivity contribution in [1.82, 2.24) is 10.3 Å². The maximum atomic E-state index is 12.4. The summed E-state index contributed by atoms with van der Waals surface area (Å²) in [6, 6.07) is 0. The number of carboxylic acid groups (broad SMARTS) is 3. The van der Waals surface area contributed by atoms with Crippen LogP contribution in [-0.2, 0) is 44.9 Å². The van der Waals surface area contributed by atoms with Crippen molar-refractivity contribution in [3.8, 4) is 0 Å². The van der Waals surface area contributed by atoms with Crippen molar-refractivity contribution in [2.45, 2.75) is 71.3 Å². The van der Waals surface area contributed by atoms with Crippen molar-refractivity contribution >= 4 is 30.0 Å². The highest BCUT2D eigenvalue weighted by molar-refractivity contribution is 6.27. The highest BCUT2D eigenvalue weighted by Crippen LogP contribution is 2.35. The second kappa shape index (κ2) is 12.0. The number of nitrogens with zero attached hydrogens (tertiary/aromatic N) is 1. The largest absolute Gasteiger partial charge is 0.483 e. The van der Waals surface area contributed by atoms with Crippen molar-refractivity contribution < 1.29 is 34.5 Å². The molecule has 0 fully saturated rings. The Bertz CT molecular complexity index is 804. The first-order valence-corrected chi connectivity index (χ1v) is 10.1. The number of aryl methyl sites for hydroxylation is 2. The summed E-state index contributed by atoms with van der Waals surface area (Å²) in [5, 5.41) is 28.1. The van der Waals surface area contributed by atoms with Crippen molar-refractivity contribution in [2.75, 3.05) is 11.9 Å². The number of carboxylic acids is 2. The number of anilines is 1. The number of rotatable bonds is 3. The molecular weight excluding hydrogens is 406 g/mol. The first kappa shape index (κ1) is 26.0. The van der Waals surface area contributed by atoms with Crippen molar-refractivity contribution in [2.24, 2.45) is 0 Å². The van der Waals surface area contributed by atoms with Crippen molar-refractivity contribution in [3.63, 3.8) is 0 Å². The molecule has 2 aliphatic carbocycles. The van der Waals surface area contributed by atoms with E-state index in [4.69, 9.17) is 34.7 Å². The van der Waals surface area contributed by atoms with Crippen LogP contribution < -0.4 is 10.6 Å². The SMILES string of the molecule is CC(C)(C)NCC(=O)Nc1c2c(nc3c1CCC3)CCCC2.O=C(O)C(=O)O.O=CO. The standard InChI is InChI=1S/C18H27N3O.C2H2O4.CH2O2/c1-18(2,3)19-11-16(22)21-17-12-7-4-5-9-14(12)20-15-10-6-8-13(15)17;3-1(4)2(5)6;2-1-3/h19H,4-11H2,1-3H3,(H,20,21,22);(H,3,4)(H,5,6);1H,(H,2,3). The van der Waals surface area contributed by atoms with Crippen LogP contribution in [0, 0.1) is 0 Å². The van der Waals surface area contributed by atoms with Gasteiger partial charge in [-0.1, -0.05) is 0 Å². The van der Waals surface area contributed by atoms with Crippen LogP contribution >= 0.6 is 0 Å². The van der Waals surface area contributed by atoms with Gasteiger partial charge in [0.15, 0.2) is 0 Å². The molecule has 31 heavy (non-hydrogen) atoms. The Hall–Kier alpha value is -3.01. The summed E-state index contributed by atoms with van der Waals surface area (Å²) in [5.41, 5.74) is 6.10. The van der Waals surface area contributed by atoms with Gasteiger partial charge < -0.3 is 26.0 Å². The Morgan fingerprint density at radius 3 is 1.87 bits per heavy atom. The molecule has 0 aliphatic heterocycles. The monoisotopic (exact) mass is 437 g/mol. The molecule has 0 spiro atoms. The van der Waals surface area contributed by atoms with Crippen LogP contribution in [0.25, 0.3) is 0 Å². The van der Waals surface area contributed by atoms with Gasteiger partial charge in [0.05, 0.1) is 12.2 Å². The number of hydrogen-bond acceptors (Lipinski definition) is 6. The Balaban J connectivity index is 0.000000455. The maximum absolute atomic E-state index is 12.4. The zero-order valence-electron chi connectivity index (χ0n) is 18.2. The van der Waals surface area contributed by atoms with Crippen LogP contribution in [0.4, 0.5) is 5.69 Å². The van der Waals surface area contributed by atoms with Crippen LogP contribution in [0.2, 0.25) is 0 Å². The van der Waals surface area contributed by atoms with Gasteiger partial charge in [-0.15, -0.1) is 0 Å². The second-order valence-corrected chi connectivity index (χ2v) is 8.27. The van der Waals surface area contributed by atoms with E-state index in [0.29, 0.717) is 6.54 Å². The molecule has 10 heteroatoms. The molecule has 1 amide bonds. The number of carbonyl (C=O) groups excluding carboxylic acids is 1. The lowest BCUT2D eigenvalue weighted by atomic mass is 9.92. The van der Waals surface area contributed by atoms with Crippen molar-refractivity contribution in [3.05, 3.63) is 22.5 Å². The number of pyridine rings is 1. The zero-order chi connectivity index (χ0) is 23.6. The topological polar surface area (TPSA) is 166 Å². The van der Waals surface area contributed by atoms with E-state index >= 15 is 0 Å². The molecule has 10 nitrogen and oxygen atoms in total. The average molecular weight is 437 g/mol. The van der Waals surface area contributed by atoms with E-state index in [1.807, 2.05) is 0 Å². The van der Waals surface area contributed by atoms with E-state index in [1.165, 1.54) is 35.4 Å². The third kappa shape index (κ3) is 8.71. The number of fused-ring (bicyclic) bond motifs is 2. The second-order valence-electron chi connectivity index (χ2n) is 8.27. The van der Waals surface area contributed by atoms with E-state index < -0.39 is 11.9 Å². The van der Waals surface area contributed by atoms with E-state index in [0.717, 1.165) is 37.8 Å². The molecule has 2 aliphatic rings. The lowest BCUT2D eigenvalue weighted by Gasteiger charge is -2.24. The Morgan fingerprint density at radius 2 is 1.39 bits per heavy atom. The minimum absolute atomic E-state index is 0.0447. The molecular formula is C21H31N3O7. The molecule has 0 saturated heterocycles. The Kier molecular flexibility index (Phi) is 10.1. The molecule has 0 unspecified atom stereocenters. The average Bonchev–Trinajstić information content (AvgIpc) is 3.15. The fourth-order valence-electron chi connectivity index (χ4n) is 3.43. The van der Waals surface area contributed by atoms with Crippen LogP contribution in [0.1, 0.15) is 62.5 Å². The van der Waals surface area contributed by atoms with Gasteiger partial charge in [-0.25, -0.2) is 9.59 Å². The van der Waals surface area contributed by atoms with Gasteiger partial charge in [-0.2, -0.15) is 0 Å². The summed E-state index contributed by atoms with van der Waals surface area (Å²) in [7, 11) is 0. The molecule has 172 valence electrons. The number of carbonyl (C=O) groups is 4. The molecule has 0 atom stereocenters. The van der Waals surface area contributed by atoms with Gasteiger partial charge in [-0.3, -0.25) is 14.6 Å². The third-order valence-corrected chi connectivity index (χ3v) is 4.73. The predicted molar refractivity (Wildman–Crippen MR) is 113 cm³/mol. The first-order valence-electron chi connectivity index (χ1n) is 10.1. The molecule has 3 rings (SSSR count). The van der Waals surface area contributed by atoms with E-state index in [2.05, 4.69) is 31.4 Å². The molecule has 1 heterocycles. The number of nitrogens with one attached hydrogen (secondary N) is 2. The van der Waals surface area contributed by atoms with Crippen LogP contribution in [0.15, 0.2) is 0 Å². The molecule has 5 N–H and O–H groups in total. The fourth-order valence-corrected chi connectivity index (χ4v) is 3.43. The summed E-state index contributed by atoms with van der Waals surface area (Å²) < 4.78 is 0. The van der Waals surface area contributed by atoms with E-state index in [1.54, 1.807) is 0 Å². The molecule has 0 bridgehead atoms. The molecule has 1 aromatic heterocycles. The van der Waals surface area contributed by atoms with Crippen LogP contribution in [0.5, 0.6) is 0 Å². The Labute approximate surface area is 181 Å². The number of aromatic nitrogens is 1. The summed E-state index contributed by atoms with van der Waals surface area (Å²) in [6.45, 7) is 6.33. The predicted octanol–water partition coefficient (Wildman–Crippen LogP) is 1.63. The normalized spacial score (nSPS) is 13.9. The summed E-state index contributed by atoms with van der Waals surface area (Å²) >= 11 is 0. The summed E-state index contributed by atoms with van der Waals surface area (Å²) in [4.78, 5) is 43.8. The number of aliphatic carboxylic acids is 2. The summed E-state index contributed by atoms with van der Waals surface area (Å²) in [6.07, 6.45) is 7.82. The van der Waals surface area contributed by atoms with Gasteiger partial charge in [0.1, 0.15) is 0 Å².